The zero-order valence-corrected chi connectivity index (χ0v) is 15.8. The van der Waals surface area contributed by atoms with E-state index < -0.39 is 0 Å². The number of amides is 1. The summed E-state index contributed by atoms with van der Waals surface area (Å²) in [6.45, 7) is 2.79. The number of carbonyl (C=O) groups is 1. The SMILES string of the molecule is O=C(Nc1ccc2c(c1F)CCNC2)C1CCCCN1Cc1ccc(F)cc1. The van der Waals surface area contributed by atoms with Gasteiger partial charge in [-0.15, -0.1) is 0 Å². The van der Waals surface area contributed by atoms with Gasteiger partial charge in [0.25, 0.3) is 0 Å². The Balaban J connectivity index is 1.48. The van der Waals surface area contributed by atoms with Gasteiger partial charge in [0, 0.05) is 13.1 Å². The van der Waals surface area contributed by atoms with Gasteiger partial charge in [0.1, 0.15) is 11.6 Å². The molecule has 28 heavy (non-hydrogen) atoms. The van der Waals surface area contributed by atoms with Crippen LogP contribution in [0.3, 0.4) is 0 Å². The fourth-order valence-corrected chi connectivity index (χ4v) is 4.15. The molecule has 2 heterocycles. The quantitative estimate of drug-likeness (QED) is 0.845. The summed E-state index contributed by atoms with van der Waals surface area (Å²) in [5, 5.41) is 6.05. The molecule has 2 aromatic carbocycles. The Hall–Kier alpha value is -2.31. The summed E-state index contributed by atoms with van der Waals surface area (Å²) in [7, 11) is 0. The first-order valence-corrected chi connectivity index (χ1v) is 9.92. The van der Waals surface area contributed by atoms with Gasteiger partial charge in [-0.1, -0.05) is 24.6 Å². The van der Waals surface area contributed by atoms with E-state index in [1.165, 1.54) is 12.1 Å². The highest BCUT2D eigenvalue weighted by Gasteiger charge is 2.29. The van der Waals surface area contributed by atoms with Crippen LogP contribution in [0.25, 0.3) is 0 Å². The molecule has 0 saturated carbocycles. The van der Waals surface area contributed by atoms with Crippen LogP contribution in [0.5, 0.6) is 0 Å². The van der Waals surface area contributed by atoms with Gasteiger partial charge in [-0.3, -0.25) is 9.69 Å². The Labute approximate surface area is 163 Å². The normalized spacial score (nSPS) is 19.9. The third-order valence-electron chi connectivity index (χ3n) is 5.68. The van der Waals surface area contributed by atoms with Crippen LogP contribution in [0.1, 0.15) is 36.0 Å². The fraction of sp³-hybridized carbons (Fsp3) is 0.409. The highest BCUT2D eigenvalue weighted by molar-refractivity contribution is 5.95. The van der Waals surface area contributed by atoms with E-state index in [1.54, 1.807) is 18.2 Å². The number of anilines is 1. The molecular weight excluding hydrogens is 360 g/mol. The third kappa shape index (κ3) is 4.08. The Morgan fingerprint density at radius 3 is 2.79 bits per heavy atom. The number of fused-ring (bicyclic) bond motifs is 1. The summed E-state index contributed by atoms with van der Waals surface area (Å²) in [5.74, 6) is -0.752. The van der Waals surface area contributed by atoms with Crippen molar-refractivity contribution in [1.82, 2.24) is 10.2 Å². The second-order valence-corrected chi connectivity index (χ2v) is 7.59. The molecule has 2 N–H and O–H groups in total. The number of nitrogens with zero attached hydrogens (tertiary/aromatic N) is 1. The Morgan fingerprint density at radius 1 is 1.14 bits per heavy atom. The molecule has 0 radical (unpaired) electrons. The molecule has 1 unspecified atom stereocenters. The molecular formula is C22H25F2N3O. The first kappa shape index (κ1) is 19.0. The van der Waals surface area contributed by atoms with Crippen LogP contribution >= 0.6 is 0 Å². The summed E-state index contributed by atoms with van der Waals surface area (Å²) < 4.78 is 28.0. The molecule has 1 saturated heterocycles. The van der Waals surface area contributed by atoms with Gasteiger partial charge in [0.2, 0.25) is 5.91 Å². The highest BCUT2D eigenvalue weighted by Crippen LogP contribution is 2.26. The third-order valence-corrected chi connectivity index (χ3v) is 5.68. The molecule has 2 aromatic rings. The molecule has 4 nitrogen and oxygen atoms in total. The average Bonchev–Trinajstić information content (AvgIpc) is 2.72. The van der Waals surface area contributed by atoms with E-state index in [0.717, 1.165) is 43.5 Å². The summed E-state index contributed by atoms with van der Waals surface area (Å²) in [6, 6.07) is 9.60. The minimum absolute atomic E-state index is 0.172. The molecule has 1 fully saturated rings. The van der Waals surface area contributed by atoms with E-state index in [-0.39, 0.29) is 29.3 Å². The molecule has 2 aliphatic heterocycles. The number of carbonyl (C=O) groups excluding carboxylic acids is 1. The van der Waals surface area contributed by atoms with Crippen molar-refractivity contribution in [2.45, 2.75) is 44.8 Å². The molecule has 0 bridgehead atoms. The van der Waals surface area contributed by atoms with Crippen molar-refractivity contribution in [3.8, 4) is 0 Å². The lowest BCUT2D eigenvalue weighted by molar-refractivity contribution is -0.122. The summed E-state index contributed by atoms with van der Waals surface area (Å²) in [6.07, 6.45) is 3.36. The van der Waals surface area contributed by atoms with Crippen LogP contribution in [0.2, 0.25) is 0 Å². The standard InChI is InChI=1S/C22H25F2N3O/c23-17-7-4-15(5-8-17)14-27-12-2-1-3-20(27)22(28)26-19-9-6-16-13-25-11-10-18(16)21(19)24/h4-9,20,25H,1-3,10-14H2,(H,26,28). The fourth-order valence-electron chi connectivity index (χ4n) is 4.15. The predicted octanol–water partition coefficient (Wildman–Crippen LogP) is 3.60. The van der Waals surface area contributed by atoms with Gasteiger partial charge in [0.05, 0.1) is 11.7 Å². The zero-order valence-electron chi connectivity index (χ0n) is 15.8. The van der Waals surface area contributed by atoms with Crippen LogP contribution in [-0.2, 0) is 24.3 Å². The largest absolute Gasteiger partial charge is 0.322 e. The van der Waals surface area contributed by atoms with Gasteiger partial charge >= 0.3 is 0 Å². The van der Waals surface area contributed by atoms with Gasteiger partial charge in [-0.05, 0) is 67.2 Å². The molecule has 0 aromatic heterocycles. The van der Waals surface area contributed by atoms with Crippen molar-refractivity contribution < 1.29 is 13.6 Å². The number of hydrogen-bond donors (Lipinski definition) is 2. The predicted molar refractivity (Wildman–Crippen MR) is 105 cm³/mol. The maximum Gasteiger partial charge on any atom is 0.241 e. The zero-order chi connectivity index (χ0) is 19.5. The van der Waals surface area contributed by atoms with Gasteiger partial charge < -0.3 is 10.6 Å². The van der Waals surface area contributed by atoms with E-state index >= 15 is 0 Å². The lowest BCUT2D eigenvalue weighted by Gasteiger charge is -2.34. The van der Waals surface area contributed by atoms with Gasteiger partial charge in [-0.2, -0.15) is 0 Å². The first-order chi connectivity index (χ1) is 13.6. The molecule has 1 atom stereocenters. The van der Waals surface area contributed by atoms with Crippen molar-refractivity contribution in [1.29, 1.82) is 0 Å². The second-order valence-electron chi connectivity index (χ2n) is 7.59. The van der Waals surface area contributed by atoms with Gasteiger partial charge in [0.15, 0.2) is 0 Å². The molecule has 2 aliphatic rings. The number of rotatable bonds is 4. The smallest absolute Gasteiger partial charge is 0.241 e. The number of nitrogens with one attached hydrogen (secondary N) is 2. The maximum absolute atomic E-state index is 14.9. The minimum atomic E-state index is -0.312. The average molecular weight is 385 g/mol. The summed E-state index contributed by atoms with van der Waals surface area (Å²) >= 11 is 0. The number of halogens is 2. The maximum atomic E-state index is 14.9. The second kappa shape index (κ2) is 8.37. The van der Waals surface area contributed by atoms with E-state index in [1.807, 2.05) is 6.07 Å². The van der Waals surface area contributed by atoms with Crippen LogP contribution in [-0.4, -0.2) is 29.9 Å². The first-order valence-electron chi connectivity index (χ1n) is 9.92. The minimum Gasteiger partial charge on any atom is -0.322 e. The molecule has 1 amide bonds. The number of hydrogen-bond acceptors (Lipinski definition) is 3. The van der Waals surface area contributed by atoms with Gasteiger partial charge in [-0.25, -0.2) is 8.78 Å². The number of benzene rings is 2. The van der Waals surface area contributed by atoms with Crippen molar-refractivity contribution in [3.63, 3.8) is 0 Å². The van der Waals surface area contributed by atoms with Crippen LogP contribution in [0.4, 0.5) is 14.5 Å². The molecule has 4 rings (SSSR count). The Bertz CT molecular complexity index is 854. The van der Waals surface area contributed by atoms with Crippen LogP contribution in [0, 0.1) is 11.6 Å². The topological polar surface area (TPSA) is 44.4 Å². The molecule has 0 aliphatic carbocycles. The number of piperidine rings is 1. The van der Waals surface area contributed by atoms with Crippen molar-refractivity contribution >= 4 is 11.6 Å². The van der Waals surface area contributed by atoms with E-state index in [4.69, 9.17) is 0 Å². The molecule has 0 spiro atoms. The monoisotopic (exact) mass is 385 g/mol. The van der Waals surface area contributed by atoms with Crippen LogP contribution < -0.4 is 10.6 Å². The van der Waals surface area contributed by atoms with E-state index in [2.05, 4.69) is 15.5 Å². The Morgan fingerprint density at radius 2 is 1.96 bits per heavy atom. The van der Waals surface area contributed by atoms with Crippen molar-refractivity contribution in [2.75, 3.05) is 18.4 Å². The highest BCUT2D eigenvalue weighted by atomic mass is 19.1. The molecule has 148 valence electrons. The van der Waals surface area contributed by atoms with E-state index in [9.17, 15) is 13.6 Å². The van der Waals surface area contributed by atoms with Crippen LogP contribution in [0.15, 0.2) is 36.4 Å². The lowest BCUT2D eigenvalue weighted by atomic mass is 9.98. The number of likely N-dealkylation sites (tertiary alicyclic amines) is 1. The van der Waals surface area contributed by atoms with Crippen molar-refractivity contribution in [3.05, 3.63) is 64.7 Å². The molecule has 6 heteroatoms. The van der Waals surface area contributed by atoms with E-state index in [0.29, 0.717) is 25.1 Å². The summed E-state index contributed by atoms with van der Waals surface area (Å²) in [4.78, 5) is 15.1. The Kier molecular flexibility index (Phi) is 5.69. The lowest BCUT2D eigenvalue weighted by Crippen LogP contribution is -2.46. The van der Waals surface area contributed by atoms with Crippen molar-refractivity contribution in [2.24, 2.45) is 0 Å². The summed E-state index contributed by atoms with van der Waals surface area (Å²) in [5.41, 5.74) is 2.88.